The van der Waals surface area contributed by atoms with Crippen LogP contribution < -0.4 is 4.74 Å². The van der Waals surface area contributed by atoms with Crippen LogP contribution in [0.1, 0.15) is 40.5 Å². The predicted molar refractivity (Wildman–Crippen MR) is 125 cm³/mol. The van der Waals surface area contributed by atoms with Gasteiger partial charge < -0.3 is 9.84 Å². The normalized spacial score (nSPS) is 20.8. The Morgan fingerprint density at radius 2 is 1.76 bits per heavy atom. The van der Waals surface area contributed by atoms with Gasteiger partial charge in [-0.15, -0.1) is 0 Å². The zero-order valence-corrected chi connectivity index (χ0v) is 18.6. The molecule has 1 aliphatic heterocycles. The molecule has 3 nitrogen and oxygen atoms in total. The van der Waals surface area contributed by atoms with Crippen molar-refractivity contribution in [1.29, 1.82) is 0 Å². The Morgan fingerprint density at radius 1 is 0.970 bits per heavy atom. The van der Waals surface area contributed by atoms with Gasteiger partial charge in [-0.25, -0.2) is 4.39 Å². The number of ether oxygens (including phenoxy) is 1. The number of fused-ring (bicyclic) bond motifs is 1. The van der Waals surface area contributed by atoms with Gasteiger partial charge in [0.1, 0.15) is 23.9 Å². The number of halogens is 2. The molecule has 0 radical (unpaired) electrons. The molecule has 0 bridgehead atoms. The molecule has 5 heteroatoms. The van der Waals surface area contributed by atoms with Crippen molar-refractivity contribution in [2.75, 3.05) is 32.9 Å². The molecule has 1 aliphatic carbocycles. The molecule has 3 aromatic rings. The standard InChI is InChI=1S/C28H29F2NO2/c29-16-19-17-31(18-19)12-13-33-23-8-11-26(27(30)15-23)28-24(20-4-2-1-3-5-20)9-6-21-14-22(32)7-10-25(21)28/h1-5,7-8,10-11,14-15,19,24,28,32H,6,9,12-13,16-18H2/t24-,28+/m0/s1. The Morgan fingerprint density at radius 3 is 2.52 bits per heavy atom. The average Bonchev–Trinajstić information content (AvgIpc) is 2.80. The minimum atomic E-state index is -0.277. The number of hydrogen-bond acceptors (Lipinski definition) is 3. The maximum atomic E-state index is 15.5. The van der Waals surface area contributed by atoms with Gasteiger partial charge in [0.2, 0.25) is 0 Å². The fraction of sp³-hybridized carbons (Fsp3) is 0.357. The smallest absolute Gasteiger partial charge is 0.130 e. The van der Waals surface area contributed by atoms with E-state index in [1.165, 1.54) is 11.6 Å². The number of rotatable bonds is 7. The number of nitrogens with zero attached hydrogens (tertiary/aromatic N) is 1. The van der Waals surface area contributed by atoms with Gasteiger partial charge >= 0.3 is 0 Å². The van der Waals surface area contributed by atoms with E-state index in [0.717, 1.165) is 43.6 Å². The fourth-order valence-corrected chi connectivity index (χ4v) is 5.35. The lowest BCUT2D eigenvalue weighted by Crippen LogP contribution is -2.49. The number of phenolic OH excluding ortho intramolecular Hbond substituents is 1. The summed E-state index contributed by atoms with van der Waals surface area (Å²) in [5.74, 6) is 0.649. The summed E-state index contributed by atoms with van der Waals surface area (Å²) in [6, 6.07) is 20.9. The highest BCUT2D eigenvalue weighted by Gasteiger charge is 2.34. The maximum Gasteiger partial charge on any atom is 0.130 e. The molecular formula is C28H29F2NO2. The van der Waals surface area contributed by atoms with Crippen molar-refractivity contribution >= 4 is 0 Å². The van der Waals surface area contributed by atoms with Gasteiger partial charge in [0.25, 0.3) is 0 Å². The van der Waals surface area contributed by atoms with Gasteiger partial charge in [0.15, 0.2) is 0 Å². The first kappa shape index (κ1) is 21.9. The van der Waals surface area contributed by atoms with Crippen molar-refractivity contribution in [2.24, 2.45) is 5.92 Å². The van der Waals surface area contributed by atoms with Gasteiger partial charge in [-0.3, -0.25) is 9.29 Å². The third-order valence-corrected chi connectivity index (χ3v) is 7.05. The average molecular weight is 450 g/mol. The van der Waals surface area contributed by atoms with Crippen LogP contribution in [0.5, 0.6) is 11.5 Å². The van der Waals surface area contributed by atoms with Crippen LogP contribution in [0.4, 0.5) is 8.78 Å². The van der Waals surface area contributed by atoms with Gasteiger partial charge in [-0.2, -0.15) is 0 Å². The Bertz CT molecular complexity index is 1100. The van der Waals surface area contributed by atoms with Crippen LogP contribution in [0.2, 0.25) is 0 Å². The zero-order chi connectivity index (χ0) is 22.8. The van der Waals surface area contributed by atoms with E-state index >= 15 is 4.39 Å². The number of aromatic hydroxyl groups is 1. The van der Waals surface area contributed by atoms with E-state index in [-0.39, 0.29) is 36.0 Å². The summed E-state index contributed by atoms with van der Waals surface area (Å²) < 4.78 is 33.8. The molecule has 1 saturated heterocycles. The maximum absolute atomic E-state index is 15.5. The third-order valence-electron chi connectivity index (χ3n) is 7.05. The first-order valence-corrected chi connectivity index (χ1v) is 11.7. The first-order valence-electron chi connectivity index (χ1n) is 11.7. The lowest BCUT2D eigenvalue weighted by molar-refractivity contribution is 0.0668. The van der Waals surface area contributed by atoms with E-state index in [4.69, 9.17) is 4.74 Å². The van der Waals surface area contributed by atoms with Gasteiger partial charge in [-0.05, 0) is 59.2 Å². The minimum absolute atomic E-state index is 0.135. The molecule has 5 rings (SSSR count). The van der Waals surface area contributed by atoms with Crippen LogP contribution in [-0.2, 0) is 6.42 Å². The quantitative estimate of drug-likeness (QED) is 0.504. The highest BCUT2D eigenvalue weighted by atomic mass is 19.1. The number of phenols is 1. The zero-order valence-electron chi connectivity index (χ0n) is 18.6. The molecular weight excluding hydrogens is 420 g/mol. The molecule has 172 valence electrons. The van der Waals surface area contributed by atoms with Crippen molar-refractivity contribution in [2.45, 2.75) is 24.7 Å². The van der Waals surface area contributed by atoms with Crippen LogP contribution in [-0.4, -0.2) is 42.9 Å². The molecule has 0 saturated carbocycles. The monoisotopic (exact) mass is 449 g/mol. The Labute approximate surface area is 193 Å². The highest BCUT2D eigenvalue weighted by Crippen LogP contribution is 2.47. The summed E-state index contributed by atoms with van der Waals surface area (Å²) >= 11 is 0. The summed E-state index contributed by atoms with van der Waals surface area (Å²) in [5, 5.41) is 9.98. The molecule has 0 spiro atoms. The molecule has 0 aromatic heterocycles. The summed E-state index contributed by atoms with van der Waals surface area (Å²) in [7, 11) is 0. The Balaban J connectivity index is 1.38. The predicted octanol–water partition coefficient (Wildman–Crippen LogP) is 5.67. The van der Waals surface area contributed by atoms with Crippen LogP contribution in [0.3, 0.4) is 0 Å². The minimum Gasteiger partial charge on any atom is -0.508 e. The van der Waals surface area contributed by atoms with Crippen molar-refractivity contribution in [3.63, 3.8) is 0 Å². The lowest BCUT2D eigenvalue weighted by Gasteiger charge is -2.37. The molecule has 2 atom stereocenters. The van der Waals surface area contributed by atoms with Crippen molar-refractivity contribution in [1.82, 2.24) is 4.90 Å². The lowest BCUT2D eigenvalue weighted by atomic mass is 9.69. The van der Waals surface area contributed by atoms with Gasteiger partial charge in [-0.1, -0.05) is 42.5 Å². The topological polar surface area (TPSA) is 32.7 Å². The van der Waals surface area contributed by atoms with Gasteiger partial charge in [0.05, 0.1) is 6.67 Å². The fourth-order valence-electron chi connectivity index (χ4n) is 5.35. The van der Waals surface area contributed by atoms with E-state index in [9.17, 15) is 9.50 Å². The second-order valence-corrected chi connectivity index (χ2v) is 9.23. The number of hydrogen-bond donors (Lipinski definition) is 1. The summed E-state index contributed by atoms with van der Waals surface area (Å²) in [5.41, 5.74) is 3.99. The molecule has 1 heterocycles. The molecule has 2 aliphatic rings. The molecule has 3 aromatic carbocycles. The molecule has 1 fully saturated rings. The largest absolute Gasteiger partial charge is 0.508 e. The summed E-state index contributed by atoms with van der Waals surface area (Å²) in [6.07, 6.45) is 1.74. The highest BCUT2D eigenvalue weighted by molar-refractivity contribution is 5.48. The van der Waals surface area contributed by atoms with Crippen molar-refractivity contribution in [3.8, 4) is 11.5 Å². The Hall–Kier alpha value is -2.92. The molecule has 0 unspecified atom stereocenters. The first-order chi connectivity index (χ1) is 16.1. The molecule has 0 amide bonds. The van der Waals surface area contributed by atoms with Gasteiger partial charge in [0, 0.05) is 37.5 Å². The second kappa shape index (κ2) is 9.52. The van der Waals surface area contributed by atoms with Crippen LogP contribution in [0, 0.1) is 11.7 Å². The van der Waals surface area contributed by atoms with E-state index < -0.39 is 0 Å². The SMILES string of the molecule is Oc1ccc2c(c1)CC[C@@H](c1ccccc1)[C@H]2c1ccc(OCCN2CC(CF)C2)cc1F. The number of likely N-dealkylation sites (tertiary alicyclic amines) is 1. The third kappa shape index (κ3) is 4.60. The molecule has 1 N–H and O–H groups in total. The number of aryl methyl sites for hydroxylation is 1. The number of alkyl halides is 1. The Kier molecular flexibility index (Phi) is 6.32. The number of benzene rings is 3. The van der Waals surface area contributed by atoms with E-state index in [0.29, 0.717) is 17.9 Å². The summed E-state index contributed by atoms with van der Waals surface area (Å²) in [6.45, 7) is 2.44. The van der Waals surface area contributed by atoms with Crippen molar-refractivity contribution in [3.05, 3.63) is 94.8 Å². The van der Waals surface area contributed by atoms with Crippen LogP contribution in [0.15, 0.2) is 66.7 Å². The van der Waals surface area contributed by atoms with Crippen LogP contribution in [0.25, 0.3) is 0 Å². The van der Waals surface area contributed by atoms with E-state index in [1.807, 2.05) is 42.5 Å². The van der Waals surface area contributed by atoms with E-state index in [1.54, 1.807) is 6.07 Å². The summed E-state index contributed by atoms with van der Waals surface area (Å²) in [4.78, 5) is 2.15. The van der Waals surface area contributed by atoms with E-state index in [2.05, 4.69) is 17.0 Å². The molecule has 33 heavy (non-hydrogen) atoms. The second-order valence-electron chi connectivity index (χ2n) is 9.23. The van der Waals surface area contributed by atoms with Crippen molar-refractivity contribution < 1.29 is 18.6 Å². The van der Waals surface area contributed by atoms with Crippen LogP contribution >= 0.6 is 0 Å².